The Morgan fingerprint density at radius 2 is 1.69 bits per heavy atom. The van der Waals surface area contributed by atoms with Gasteiger partial charge in [-0.3, -0.25) is 0 Å². The molecule has 0 saturated heterocycles. The largest absolute Gasteiger partial charge is 0.396 e. The topological polar surface area (TPSA) is 59.6 Å². The molecule has 2 aliphatic rings. The van der Waals surface area contributed by atoms with E-state index in [9.17, 15) is 10.4 Å². The molecule has 0 unspecified atom stereocenters. The van der Waals surface area contributed by atoms with Crippen LogP contribution < -0.4 is 0 Å². The van der Waals surface area contributed by atoms with Gasteiger partial charge < -0.3 is 10.0 Å². The van der Waals surface area contributed by atoms with Crippen molar-refractivity contribution in [1.29, 1.82) is 5.26 Å². The lowest BCUT2D eigenvalue weighted by atomic mass is 9.83. The zero-order valence-corrected chi connectivity index (χ0v) is 16.1. The van der Waals surface area contributed by atoms with E-state index in [1.165, 1.54) is 31.2 Å². The molecule has 0 atom stereocenters. The maximum Gasteiger partial charge on any atom is 0.207 e. The Morgan fingerprint density at radius 1 is 1.12 bits per heavy atom. The lowest BCUT2D eigenvalue weighted by molar-refractivity contribution is 0.173. The van der Waals surface area contributed by atoms with E-state index < -0.39 is 0 Å². The van der Waals surface area contributed by atoms with Gasteiger partial charge in [0, 0.05) is 24.3 Å². The predicted molar refractivity (Wildman–Crippen MR) is 105 cm³/mol. The van der Waals surface area contributed by atoms with E-state index in [4.69, 9.17) is 0 Å². The third-order valence-electron chi connectivity index (χ3n) is 5.92. The van der Waals surface area contributed by atoms with Crippen LogP contribution in [-0.4, -0.2) is 34.5 Å². The molecule has 4 nitrogen and oxygen atoms in total. The molecule has 3 rings (SSSR count). The number of aliphatic imine (C=N–C) groups is 1. The smallest absolute Gasteiger partial charge is 0.207 e. The van der Waals surface area contributed by atoms with E-state index in [2.05, 4.69) is 48.0 Å². The average molecular weight is 354 g/mol. The first kappa shape index (κ1) is 18.9. The number of nitrogens with zero attached hydrogens (tertiary/aromatic N) is 3. The lowest BCUT2D eigenvalue weighted by Gasteiger charge is -2.39. The summed E-state index contributed by atoms with van der Waals surface area (Å²) in [6.45, 7) is 4.69. The predicted octanol–water partition coefficient (Wildman–Crippen LogP) is 4.44. The molecule has 2 aliphatic carbocycles. The van der Waals surface area contributed by atoms with Gasteiger partial charge in [0.1, 0.15) is 5.84 Å². The van der Waals surface area contributed by atoms with Crippen molar-refractivity contribution in [3.8, 4) is 6.19 Å². The fourth-order valence-electron chi connectivity index (χ4n) is 4.23. The van der Waals surface area contributed by atoms with Crippen LogP contribution in [0.4, 0.5) is 0 Å². The zero-order chi connectivity index (χ0) is 18.5. The normalized spacial score (nSPS) is 23.7. The van der Waals surface area contributed by atoms with Crippen LogP contribution in [-0.2, 0) is 0 Å². The first-order valence-electron chi connectivity index (χ1n) is 10.1. The molecule has 0 bridgehead atoms. The Labute approximate surface area is 157 Å². The molecule has 1 aromatic carbocycles. The monoisotopic (exact) mass is 353 g/mol. The Kier molecular flexibility index (Phi) is 6.32. The standard InChI is InChI=1S/C22H31N3O/c1-16(2)18-5-7-19(8-6-18)22(24-15-23)25(21-11-12-21)20-9-3-17(4-10-20)13-14-26/h5-8,16-17,20-21,26H,3-4,9-14H2,1-2H3. The molecule has 2 saturated carbocycles. The summed E-state index contributed by atoms with van der Waals surface area (Å²) in [5.41, 5.74) is 2.37. The minimum Gasteiger partial charge on any atom is -0.396 e. The average Bonchev–Trinajstić information content (AvgIpc) is 3.48. The van der Waals surface area contributed by atoms with Gasteiger partial charge in [0.05, 0.1) is 0 Å². The molecule has 0 amide bonds. The molecule has 1 aromatic rings. The van der Waals surface area contributed by atoms with Gasteiger partial charge in [-0.25, -0.2) is 0 Å². The van der Waals surface area contributed by atoms with Crippen molar-refractivity contribution in [2.45, 2.75) is 76.8 Å². The molecule has 26 heavy (non-hydrogen) atoms. The number of hydrogen-bond donors (Lipinski definition) is 1. The van der Waals surface area contributed by atoms with Gasteiger partial charge in [-0.05, 0) is 62.3 Å². The summed E-state index contributed by atoms with van der Waals surface area (Å²) < 4.78 is 0. The molecule has 0 heterocycles. The summed E-state index contributed by atoms with van der Waals surface area (Å²) in [7, 11) is 0. The van der Waals surface area contributed by atoms with Crippen LogP contribution in [0.25, 0.3) is 0 Å². The van der Waals surface area contributed by atoms with Crippen molar-refractivity contribution in [2.24, 2.45) is 10.9 Å². The second kappa shape index (κ2) is 8.68. The quantitative estimate of drug-likeness (QED) is 0.467. The highest BCUT2D eigenvalue weighted by Gasteiger charge is 2.38. The highest BCUT2D eigenvalue weighted by Crippen LogP contribution is 2.37. The van der Waals surface area contributed by atoms with Gasteiger partial charge in [0.15, 0.2) is 0 Å². The summed E-state index contributed by atoms with van der Waals surface area (Å²) in [5.74, 6) is 2.01. The van der Waals surface area contributed by atoms with E-state index >= 15 is 0 Å². The molecule has 0 aliphatic heterocycles. The highest BCUT2D eigenvalue weighted by atomic mass is 16.3. The van der Waals surface area contributed by atoms with Gasteiger partial charge in [0.2, 0.25) is 6.19 Å². The Bertz CT molecular complexity index is 647. The van der Waals surface area contributed by atoms with Gasteiger partial charge in [-0.2, -0.15) is 10.3 Å². The van der Waals surface area contributed by atoms with E-state index in [0.29, 0.717) is 30.5 Å². The van der Waals surface area contributed by atoms with Crippen molar-refractivity contribution in [3.05, 3.63) is 35.4 Å². The molecule has 1 N–H and O–H groups in total. The maximum absolute atomic E-state index is 9.31. The van der Waals surface area contributed by atoms with Crippen molar-refractivity contribution in [1.82, 2.24) is 4.90 Å². The number of hydrogen-bond acceptors (Lipinski definition) is 3. The summed E-state index contributed by atoms with van der Waals surface area (Å²) in [4.78, 5) is 6.72. The summed E-state index contributed by atoms with van der Waals surface area (Å²) in [6, 6.07) is 9.57. The minimum absolute atomic E-state index is 0.297. The number of benzene rings is 1. The Morgan fingerprint density at radius 3 is 2.15 bits per heavy atom. The van der Waals surface area contributed by atoms with Crippen LogP contribution in [0.5, 0.6) is 0 Å². The van der Waals surface area contributed by atoms with Crippen molar-refractivity contribution < 1.29 is 5.11 Å². The Hall–Kier alpha value is -1.86. The van der Waals surface area contributed by atoms with Gasteiger partial charge in [-0.15, -0.1) is 0 Å². The fraction of sp³-hybridized carbons (Fsp3) is 0.636. The fourth-order valence-corrected chi connectivity index (χ4v) is 4.23. The minimum atomic E-state index is 0.297. The SMILES string of the molecule is CC(C)c1ccc(C(=NC#N)N(C2CCC(CCO)CC2)C2CC2)cc1. The summed E-state index contributed by atoms with van der Waals surface area (Å²) >= 11 is 0. The molecular weight excluding hydrogens is 322 g/mol. The summed E-state index contributed by atoms with van der Waals surface area (Å²) in [5, 5.41) is 18.5. The van der Waals surface area contributed by atoms with Crippen LogP contribution in [0.15, 0.2) is 29.3 Å². The second-order valence-corrected chi connectivity index (χ2v) is 8.14. The number of nitriles is 1. The number of amidine groups is 1. The molecule has 4 heteroatoms. The third kappa shape index (κ3) is 4.45. The second-order valence-electron chi connectivity index (χ2n) is 8.14. The number of rotatable bonds is 6. The van der Waals surface area contributed by atoms with Crippen LogP contribution in [0, 0.1) is 17.4 Å². The van der Waals surface area contributed by atoms with Gasteiger partial charge >= 0.3 is 0 Å². The molecule has 0 spiro atoms. The van der Waals surface area contributed by atoms with Crippen LogP contribution in [0.1, 0.15) is 75.8 Å². The van der Waals surface area contributed by atoms with Crippen molar-refractivity contribution in [3.63, 3.8) is 0 Å². The first-order valence-corrected chi connectivity index (χ1v) is 10.1. The molecular formula is C22H31N3O. The van der Waals surface area contributed by atoms with Crippen molar-refractivity contribution >= 4 is 5.84 Å². The van der Waals surface area contributed by atoms with Gasteiger partial charge in [0.25, 0.3) is 0 Å². The van der Waals surface area contributed by atoms with E-state index in [-0.39, 0.29) is 0 Å². The lowest BCUT2D eigenvalue weighted by Crippen LogP contribution is -2.44. The molecule has 140 valence electrons. The molecule has 0 aromatic heterocycles. The van der Waals surface area contributed by atoms with Crippen LogP contribution >= 0.6 is 0 Å². The van der Waals surface area contributed by atoms with E-state index in [1.54, 1.807) is 0 Å². The van der Waals surface area contributed by atoms with E-state index in [1.807, 2.05) is 6.19 Å². The molecule has 2 fully saturated rings. The van der Waals surface area contributed by atoms with Crippen LogP contribution in [0.3, 0.4) is 0 Å². The summed E-state index contributed by atoms with van der Waals surface area (Å²) in [6.07, 6.45) is 9.97. The first-order chi connectivity index (χ1) is 12.6. The Balaban J connectivity index is 1.80. The van der Waals surface area contributed by atoms with Crippen molar-refractivity contribution in [2.75, 3.05) is 6.61 Å². The molecule has 0 radical (unpaired) electrons. The number of aliphatic hydroxyl groups is 1. The van der Waals surface area contributed by atoms with Gasteiger partial charge in [-0.1, -0.05) is 38.1 Å². The van der Waals surface area contributed by atoms with Crippen LogP contribution in [0.2, 0.25) is 0 Å². The highest BCUT2D eigenvalue weighted by molar-refractivity contribution is 6.00. The number of aliphatic hydroxyl groups excluding tert-OH is 1. The maximum atomic E-state index is 9.31. The zero-order valence-electron chi connectivity index (χ0n) is 16.1. The van der Waals surface area contributed by atoms with E-state index in [0.717, 1.165) is 30.7 Å². The third-order valence-corrected chi connectivity index (χ3v) is 5.92.